The molecule has 9 heteroatoms. The van der Waals surface area contributed by atoms with Gasteiger partial charge in [-0.15, -0.1) is 0 Å². The van der Waals surface area contributed by atoms with E-state index in [1.54, 1.807) is 0 Å². The fraction of sp³-hybridized carbons (Fsp3) is 0.250. The minimum Gasteiger partial charge on any atom is -0.302 e. The number of ketones is 1. The van der Waals surface area contributed by atoms with Gasteiger partial charge in [-0.25, -0.2) is 17.7 Å². The lowest BCUT2D eigenvalue weighted by Gasteiger charge is -2.17. The molecule has 0 spiro atoms. The van der Waals surface area contributed by atoms with E-state index in [4.69, 9.17) is 0 Å². The van der Waals surface area contributed by atoms with Gasteiger partial charge in [-0.3, -0.25) is 9.59 Å². The van der Waals surface area contributed by atoms with Crippen molar-refractivity contribution in [2.75, 3.05) is 18.9 Å². The first-order chi connectivity index (χ1) is 13.8. The van der Waals surface area contributed by atoms with Gasteiger partial charge in [0.05, 0.1) is 15.1 Å². The summed E-state index contributed by atoms with van der Waals surface area (Å²) in [4.78, 5) is 27.9. The van der Waals surface area contributed by atoms with E-state index < -0.39 is 10.0 Å². The van der Waals surface area contributed by atoms with Crippen molar-refractivity contribution in [3.8, 4) is 0 Å². The van der Waals surface area contributed by atoms with E-state index in [1.807, 2.05) is 24.3 Å². The Bertz CT molecular complexity index is 1110. The van der Waals surface area contributed by atoms with Crippen LogP contribution in [0.25, 0.3) is 10.2 Å². The number of rotatable bonds is 8. The number of hydrogen-bond donors (Lipinski definition) is 1. The predicted octanol–water partition coefficient (Wildman–Crippen LogP) is 3.54. The van der Waals surface area contributed by atoms with E-state index in [9.17, 15) is 18.0 Å². The molecule has 0 aliphatic carbocycles. The lowest BCUT2D eigenvalue weighted by molar-refractivity contribution is -0.116. The van der Waals surface area contributed by atoms with Crippen molar-refractivity contribution < 1.29 is 18.0 Å². The van der Waals surface area contributed by atoms with Gasteiger partial charge in [0.2, 0.25) is 15.9 Å². The summed E-state index contributed by atoms with van der Waals surface area (Å²) >= 11 is 1.40. The maximum absolute atomic E-state index is 12.6. The van der Waals surface area contributed by atoms with Crippen molar-refractivity contribution >= 4 is 48.4 Å². The number of anilines is 1. The van der Waals surface area contributed by atoms with Crippen LogP contribution in [0.3, 0.4) is 0 Å². The van der Waals surface area contributed by atoms with E-state index in [0.29, 0.717) is 17.1 Å². The van der Waals surface area contributed by atoms with Crippen LogP contribution in [0.5, 0.6) is 0 Å². The molecular weight excluding hydrogens is 410 g/mol. The largest absolute Gasteiger partial charge is 0.302 e. The molecule has 1 aromatic heterocycles. The van der Waals surface area contributed by atoms with Crippen molar-refractivity contribution in [2.45, 2.75) is 24.7 Å². The van der Waals surface area contributed by atoms with Crippen LogP contribution < -0.4 is 5.32 Å². The van der Waals surface area contributed by atoms with Crippen LogP contribution in [0, 0.1) is 0 Å². The van der Waals surface area contributed by atoms with Crippen LogP contribution in [0.4, 0.5) is 5.13 Å². The van der Waals surface area contributed by atoms with Gasteiger partial charge in [0, 0.05) is 25.6 Å². The second-order valence-corrected chi connectivity index (χ2v) is 9.62. The van der Waals surface area contributed by atoms with Crippen LogP contribution >= 0.6 is 11.3 Å². The van der Waals surface area contributed by atoms with Crippen molar-refractivity contribution in [3.63, 3.8) is 0 Å². The number of Topliss-reactive ketones (excluding diaryl/α,β-unsaturated/α-hetero) is 1. The smallest absolute Gasteiger partial charge is 0.242 e. The highest BCUT2D eigenvalue weighted by Crippen LogP contribution is 2.25. The Morgan fingerprint density at radius 2 is 1.79 bits per heavy atom. The van der Waals surface area contributed by atoms with E-state index in [2.05, 4.69) is 10.3 Å². The van der Waals surface area contributed by atoms with Gasteiger partial charge >= 0.3 is 0 Å². The summed E-state index contributed by atoms with van der Waals surface area (Å²) in [5.74, 6) is -0.331. The highest BCUT2D eigenvalue weighted by Gasteiger charge is 2.21. The Balaban J connectivity index is 1.53. The lowest BCUT2D eigenvalue weighted by atomic mass is 10.2. The highest BCUT2D eigenvalue weighted by atomic mass is 32.2. The van der Waals surface area contributed by atoms with Crippen molar-refractivity contribution in [2.24, 2.45) is 0 Å². The van der Waals surface area contributed by atoms with Gasteiger partial charge in [-0.05, 0) is 37.6 Å². The van der Waals surface area contributed by atoms with E-state index >= 15 is 0 Å². The monoisotopic (exact) mass is 431 g/mol. The normalized spacial score (nSPS) is 11.7. The quantitative estimate of drug-likeness (QED) is 0.550. The number of carbonyl (C=O) groups is 2. The molecule has 1 amide bonds. The maximum atomic E-state index is 12.6. The molecule has 3 aromatic rings. The fourth-order valence-electron chi connectivity index (χ4n) is 2.73. The predicted molar refractivity (Wildman–Crippen MR) is 114 cm³/mol. The summed E-state index contributed by atoms with van der Waals surface area (Å²) in [5.41, 5.74) is 1.28. The highest BCUT2D eigenvalue weighted by molar-refractivity contribution is 7.89. The molecule has 1 N–H and O–H groups in total. The second kappa shape index (κ2) is 8.81. The molecule has 0 unspecified atom stereocenters. The number of fused-ring (bicyclic) bond motifs is 1. The Labute approximate surface area is 173 Å². The standard InChI is InChI=1S/C20H21N3O4S2/c1-14(24)15-9-11-16(12-10-15)29(26,27)23(2)13-5-8-19(25)22-20-21-17-6-3-4-7-18(17)28-20/h3-4,6-7,9-12H,5,8,13H2,1-2H3,(H,21,22,25). The van der Waals surface area contributed by atoms with Gasteiger partial charge in [0.15, 0.2) is 10.9 Å². The number of carbonyl (C=O) groups excluding carboxylic acids is 2. The summed E-state index contributed by atoms with van der Waals surface area (Å²) in [7, 11) is -2.20. The number of thiazole rings is 1. The number of aromatic nitrogens is 1. The van der Waals surface area contributed by atoms with Crippen molar-refractivity contribution in [3.05, 3.63) is 54.1 Å². The number of sulfonamides is 1. The number of para-hydroxylation sites is 1. The first kappa shape index (κ1) is 21.1. The minimum atomic E-state index is -3.68. The summed E-state index contributed by atoms with van der Waals surface area (Å²) in [6.07, 6.45) is 0.553. The lowest BCUT2D eigenvalue weighted by Crippen LogP contribution is -2.28. The van der Waals surface area contributed by atoms with Crippen molar-refractivity contribution in [1.29, 1.82) is 0 Å². The van der Waals surface area contributed by atoms with Gasteiger partial charge in [-0.2, -0.15) is 0 Å². The maximum Gasteiger partial charge on any atom is 0.242 e. The molecule has 0 atom stereocenters. The second-order valence-electron chi connectivity index (χ2n) is 6.55. The summed E-state index contributed by atoms with van der Waals surface area (Å²) in [5, 5.41) is 3.29. The van der Waals surface area contributed by atoms with Crippen LogP contribution in [-0.4, -0.2) is 43.0 Å². The van der Waals surface area contributed by atoms with Crippen LogP contribution in [0.2, 0.25) is 0 Å². The zero-order valence-corrected chi connectivity index (χ0v) is 17.7. The average Bonchev–Trinajstić information content (AvgIpc) is 3.10. The van der Waals surface area contributed by atoms with Crippen LogP contribution in [0.15, 0.2) is 53.4 Å². The SMILES string of the molecule is CC(=O)c1ccc(S(=O)(=O)N(C)CCCC(=O)Nc2nc3ccccc3s2)cc1. The summed E-state index contributed by atoms with van der Waals surface area (Å²) in [6, 6.07) is 13.4. The molecule has 2 aromatic carbocycles. The number of nitrogens with one attached hydrogen (secondary N) is 1. The number of amides is 1. The molecule has 0 aliphatic rings. The van der Waals surface area contributed by atoms with Gasteiger partial charge in [0.1, 0.15) is 0 Å². The average molecular weight is 432 g/mol. The summed E-state index contributed by atoms with van der Waals surface area (Å²) in [6.45, 7) is 1.62. The molecule has 3 rings (SSSR count). The van der Waals surface area contributed by atoms with E-state index in [1.165, 1.54) is 53.9 Å². The Morgan fingerprint density at radius 3 is 2.45 bits per heavy atom. The van der Waals surface area contributed by atoms with Crippen molar-refractivity contribution in [1.82, 2.24) is 9.29 Å². The first-order valence-electron chi connectivity index (χ1n) is 9.00. The van der Waals surface area contributed by atoms with E-state index in [0.717, 1.165) is 10.2 Å². The first-order valence-corrected chi connectivity index (χ1v) is 11.3. The molecule has 29 heavy (non-hydrogen) atoms. The molecule has 152 valence electrons. The van der Waals surface area contributed by atoms with Gasteiger partial charge in [0.25, 0.3) is 0 Å². The fourth-order valence-corrected chi connectivity index (χ4v) is 4.82. The van der Waals surface area contributed by atoms with Crippen LogP contribution in [-0.2, 0) is 14.8 Å². The molecule has 0 aliphatic heterocycles. The molecule has 7 nitrogen and oxygen atoms in total. The zero-order chi connectivity index (χ0) is 21.0. The van der Waals surface area contributed by atoms with Gasteiger partial charge < -0.3 is 5.32 Å². The Hall–Kier alpha value is -2.62. The molecular formula is C20H21N3O4S2. The van der Waals surface area contributed by atoms with Gasteiger partial charge in [-0.1, -0.05) is 35.6 Å². The Morgan fingerprint density at radius 1 is 1.10 bits per heavy atom. The number of nitrogens with zero attached hydrogens (tertiary/aromatic N) is 2. The third-order valence-electron chi connectivity index (χ3n) is 4.39. The molecule has 0 radical (unpaired) electrons. The third kappa shape index (κ3) is 5.06. The Kier molecular flexibility index (Phi) is 6.41. The molecule has 1 heterocycles. The molecule has 0 saturated carbocycles. The molecule has 0 fully saturated rings. The number of benzene rings is 2. The van der Waals surface area contributed by atoms with Crippen LogP contribution in [0.1, 0.15) is 30.1 Å². The van der Waals surface area contributed by atoms with E-state index in [-0.39, 0.29) is 29.6 Å². The molecule has 0 bridgehead atoms. The third-order valence-corrected chi connectivity index (χ3v) is 7.21. The zero-order valence-electron chi connectivity index (χ0n) is 16.1. The summed E-state index contributed by atoms with van der Waals surface area (Å²) < 4.78 is 27.4. The minimum absolute atomic E-state index is 0.115. The topological polar surface area (TPSA) is 96.4 Å². The number of hydrogen-bond acceptors (Lipinski definition) is 6. The molecule has 0 saturated heterocycles.